The second-order valence-corrected chi connectivity index (χ2v) is 4.29. The minimum Gasteiger partial charge on any atom is -0.444 e. The third-order valence-electron chi connectivity index (χ3n) is 2.10. The maximum absolute atomic E-state index is 5.89. The zero-order valence-electron chi connectivity index (χ0n) is 9.24. The van der Waals surface area contributed by atoms with E-state index in [4.69, 9.17) is 27.6 Å². The summed E-state index contributed by atoms with van der Waals surface area (Å²) in [6.07, 6.45) is 1.66. The second kappa shape index (κ2) is 4.89. The molecule has 0 amide bonds. The number of anilines is 1. The van der Waals surface area contributed by atoms with Gasteiger partial charge in [0.25, 0.3) is 0 Å². The molecular formula is C10H10Cl2N4O. The molecular weight excluding hydrogens is 263 g/mol. The Morgan fingerprint density at radius 2 is 2.12 bits per heavy atom. The molecule has 1 N–H and O–H groups in total. The molecule has 1 unspecified atom stereocenters. The first-order chi connectivity index (χ1) is 8.06. The van der Waals surface area contributed by atoms with Gasteiger partial charge in [-0.15, -0.1) is 10.2 Å². The zero-order valence-corrected chi connectivity index (χ0v) is 10.7. The van der Waals surface area contributed by atoms with Crippen LogP contribution in [0.3, 0.4) is 0 Å². The normalized spacial score (nSPS) is 12.5. The van der Waals surface area contributed by atoms with Gasteiger partial charge in [0.1, 0.15) is 11.8 Å². The third kappa shape index (κ3) is 2.87. The first-order valence-corrected chi connectivity index (χ1v) is 5.69. The average molecular weight is 273 g/mol. The van der Waals surface area contributed by atoms with Crippen LogP contribution in [0.15, 0.2) is 16.7 Å². The number of aromatic nitrogens is 3. The van der Waals surface area contributed by atoms with E-state index >= 15 is 0 Å². The van der Waals surface area contributed by atoms with Crippen molar-refractivity contribution in [2.45, 2.75) is 19.9 Å². The van der Waals surface area contributed by atoms with E-state index < -0.39 is 0 Å². The Bertz CT molecular complexity index is 529. The van der Waals surface area contributed by atoms with Crippen LogP contribution in [0.1, 0.15) is 24.6 Å². The van der Waals surface area contributed by atoms with Crippen LogP contribution in [0, 0.1) is 6.92 Å². The lowest BCUT2D eigenvalue weighted by Gasteiger charge is -2.12. The molecule has 1 atom stereocenters. The lowest BCUT2D eigenvalue weighted by atomic mass is 10.3. The highest BCUT2D eigenvalue weighted by atomic mass is 35.5. The van der Waals surface area contributed by atoms with Gasteiger partial charge < -0.3 is 9.73 Å². The minimum absolute atomic E-state index is 0.138. The molecule has 2 aromatic rings. The number of nitrogens with zero attached hydrogens (tertiary/aromatic N) is 3. The Labute approximate surface area is 108 Å². The van der Waals surface area contributed by atoms with E-state index in [1.807, 2.05) is 13.8 Å². The fourth-order valence-electron chi connectivity index (χ4n) is 1.32. The van der Waals surface area contributed by atoms with E-state index in [2.05, 4.69) is 20.5 Å². The summed E-state index contributed by atoms with van der Waals surface area (Å²) in [5, 5.41) is 11.0. The van der Waals surface area contributed by atoms with Crippen LogP contribution < -0.4 is 5.32 Å². The SMILES string of the molecule is Cc1cnc(C(C)Nc2cc(Cl)nnc2Cl)o1. The van der Waals surface area contributed by atoms with E-state index in [0.29, 0.717) is 11.6 Å². The highest BCUT2D eigenvalue weighted by Crippen LogP contribution is 2.25. The van der Waals surface area contributed by atoms with Gasteiger partial charge in [0, 0.05) is 6.07 Å². The van der Waals surface area contributed by atoms with E-state index in [-0.39, 0.29) is 16.3 Å². The van der Waals surface area contributed by atoms with Crippen molar-refractivity contribution in [2.75, 3.05) is 5.32 Å². The number of rotatable bonds is 3. The lowest BCUT2D eigenvalue weighted by Crippen LogP contribution is -2.08. The predicted octanol–water partition coefficient (Wildman–Crippen LogP) is 3.25. The number of hydrogen-bond donors (Lipinski definition) is 1. The smallest absolute Gasteiger partial charge is 0.216 e. The molecule has 0 bridgehead atoms. The number of hydrogen-bond acceptors (Lipinski definition) is 5. The molecule has 0 fully saturated rings. The van der Waals surface area contributed by atoms with E-state index in [9.17, 15) is 0 Å². The molecule has 0 aliphatic rings. The molecule has 0 saturated heterocycles. The standard InChI is InChI=1S/C10H10Cl2N4O/c1-5-4-13-10(17-5)6(2)14-7-3-8(11)15-16-9(7)12/h3-4,6H,1-2H3,(H,14,15). The van der Waals surface area contributed by atoms with Crippen LogP contribution in [0.2, 0.25) is 10.3 Å². The molecule has 0 aromatic carbocycles. The molecule has 2 aromatic heterocycles. The topological polar surface area (TPSA) is 63.8 Å². The van der Waals surface area contributed by atoms with Crippen LogP contribution in [0.25, 0.3) is 0 Å². The van der Waals surface area contributed by atoms with Gasteiger partial charge in [-0.2, -0.15) is 0 Å². The summed E-state index contributed by atoms with van der Waals surface area (Å²) in [6.45, 7) is 3.73. The quantitative estimate of drug-likeness (QED) is 0.929. The molecule has 0 spiro atoms. The summed E-state index contributed by atoms with van der Waals surface area (Å²) in [5.41, 5.74) is 0.593. The molecule has 7 heteroatoms. The molecule has 0 radical (unpaired) electrons. The fraction of sp³-hybridized carbons (Fsp3) is 0.300. The first kappa shape index (κ1) is 12.1. The van der Waals surface area contributed by atoms with Crippen molar-refractivity contribution in [3.8, 4) is 0 Å². The molecule has 90 valence electrons. The largest absolute Gasteiger partial charge is 0.444 e. The summed E-state index contributed by atoms with van der Waals surface area (Å²) in [7, 11) is 0. The highest BCUT2D eigenvalue weighted by molar-refractivity contribution is 6.33. The maximum atomic E-state index is 5.89. The third-order valence-corrected chi connectivity index (χ3v) is 2.56. The van der Waals surface area contributed by atoms with E-state index in [1.54, 1.807) is 12.3 Å². The second-order valence-electron chi connectivity index (χ2n) is 3.55. The van der Waals surface area contributed by atoms with Gasteiger partial charge in [0.15, 0.2) is 10.3 Å². The van der Waals surface area contributed by atoms with Gasteiger partial charge in [-0.3, -0.25) is 0 Å². The Kier molecular flexibility index (Phi) is 3.49. The Morgan fingerprint density at radius 3 is 2.76 bits per heavy atom. The fourth-order valence-corrected chi connectivity index (χ4v) is 1.62. The first-order valence-electron chi connectivity index (χ1n) is 4.94. The van der Waals surface area contributed by atoms with Crippen molar-refractivity contribution in [2.24, 2.45) is 0 Å². The van der Waals surface area contributed by atoms with E-state index in [1.165, 1.54) is 0 Å². The molecule has 2 heterocycles. The Morgan fingerprint density at radius 1 is 1.35 bits per heavy atom. The molecule has 0 aliphatic carbocycles. The monoisotopic (exact) mass is 272 g/mol. The summed E-state index contributed by atoms with van der Waals surface area (Å²) >= 11 is 11.6. The van der Waals surface area contributed by atoms with Crippen molar-refractivity contribution >= 4 is 28.9 Å². The van der Waals surface area contributed by atoms with Gasteiger partial charge >= 0.3 is 0 Å². The Hall–Kier alpha value is -1.33. The average Bonchev–Trinajstić information content (AvgIpc) is 2.70. The van der Waals surface area contributed by atoms with Gasteiger partial charge in [-0.25, -0.2) is 4.98 Å². The number of aryl methyl sites for hydroxylation is 1. The summed E-state index contributed by atoms with van der Waals surface area (Å²) in [4.78, 5) is 4.12. The molecule has 5 nitrogen and oxygen atoms in total. The molecule has 0 saturated carbocycles. The highest BCUT2D eigenvalue weighted by Gasteiger charge is 2.13. The zero-order chi connectivity index (χ0) is 12.4. The van der Waals surface area contributed by atoms with Crippen molar-refractivity contribution in [1.29, 1.82) is 0 Å². The predicted molar refractivity (Wildman–Crippen MR) is 65.3 cm³/mol. The van der Waals surface area contributed by atoms with Crippen molar-refractivity contribution in [3.05, 3.63) is 34.2 Å². The van der Waals surface area contributed by atoms with Gasteiger partial charge in [-0.05, 0) is 13.8 Å². The van der Waals surface area contributed by atoms with Crippen LogP contribution in [-0.4, -0.2) is 15.2 Å². The van der Waals surface area contributed by atoms with Gasteiger partial charge in [0.2, 0.25) is 5.89 Å². The van der Waals surface area contributed by atoms with Crippen LogP contribution in [-0.2, 0) is 0 Å². The maximum Gasteiger partial charge on any atom is 0.216 e. The van der Waals surface area contributed by atoms with Gasteiger partial charge in [0.05, 0.1) is 11.9 Å². The molecule has 17 heavy (non-hydrogen) atoms. The Balaban J connectivity index is 2.18. The summed E-state index contributed by atoms with van der Waals surface area (Å²) < 4.78 is 5.40. The number of halogens is 2. The van der Waals surface area contributed by atoms with Crippen molar-refractivity contribution < 1.29 is 4.42 Å². The number of oxazole rings is 1. The van der Waals surface area contributed by atoms with Gasteiger partial charge in [-0.1, -0.05) is 23.2 Å². The van der Waals surface area contributed by atoms with Crippen LogP contribution in [0.4, 0.5) is 5.69 Å². The van der Waals surface area contributed by atoms with Crippen molar-refractivity contribution in [1.82, 2.24) is 15.2 Å². The van der Waals surface area contributed by atoms with Crippen LogP contribution >= 0.6 is 23.2 Å². The van der Waals surface area contributed by atoms with Crippen LogP contribution in [0.5, 0.6) is 0 Å². The lowest BCUT2D eigenvalue weighted by molar-refractivity contribution is 0.453. The van der Waals surface area contributed by atoms with Crippen molar-refractivity contribution in [3.63, 3.8) is 0 Å². The molecule has 0 aliphatic heterocycles. The van der Waals surface area contributed by atoms with E-state index in [0.717, 1.165) is 5.76 Å². The number of nitrogens with one attached hydrogen (secondary N) is 1. The molecule has 2 rings (SSSR count). The minimum atomic E-state index is -0.138. The summed E-state index contributed by atoms with van der Waals surface area (Å²) in [5.74, 6) is 1.33. The summed E-state index contributed by atoms with van der Waals surface area (Å²) in [6, 6.07) is 1.46.